The van der Waals surface area contributed by atoms with Gasteiger partial charge in [0.05, 0.1) is 0 Å². The molecule has 0 amide bonds. The third kappa shape index (κ3) is 3.69. The summed E-state index contributed by atoms with van der Waals surface area (Å²) in [5.41, 5.74) is 0. The summed E-state index contributed by atoms with van der Waals surface area (Å²) in [6.07, 6.45) is 5.48. The van der Waals surface area contributed by atoms with Crippen molar-refractivity contribution in [3.05, 3.63) is 28.5 Å². The lowest BCUT2D eigenvalue weighted by Gasteiger charge is -2.17. The van der Waals surface area contributed by atoms with E-state index < -0.39 is 0 Å². The molecule has 1 aromatic rings. The van der Waals surface area contributed by atoms with Crippen molar-refractivity contribution in [1.82, 2.24) is 5.32 Å². The van der Waals surface area contributed by atoms with Crippen LogP contribution in [0.25, 0.3) is 0 Å². The van der Waals surface area contributed by atoms with E-state index in [-0.39, 0.29) is 5.82 Å². The first-order valence-electron chi connectivity index (χ1n) is 7.05. The van der Waals surface area contributed by atoms with Gasteiger partial charge in [0.1, 0.15) is 6.61 Å². The van der Waals surface area contributed by atoms with Crippen molar-refractivity contribution < 1.29 is 9.13 Å². The van der Waals surface area contributed by atoms with Gasteiger partial charge >= 0.3 is 0 Å². The maximum atomic E-state index is 13.5. The highest BCUT2D eigenvalue weighted by Gasteiger charge is 2.40. The van der Waals surface area contributed by atoms with Gasteiger partial charge in [0.15, 0.2) is 11.6 Å². The monoisotopic (exact) mass is 327 g/mol. The molecule has 4 heteroatoms. The maximum Gasteiger partial charge on any atom is 0.165 e. The molecule has 0 atom stereocenters. The van der Waals surface area contributed by atoms with Crippen LogP contribution in [0.4, 0.5) is 4.39 Å². The van der Waals surface area contributed by atoms with Gasteiger partial charge in [-0.2, -0.15) is 0 Å². The SMILES string of the molecule is Fc1ccc(Br)cc1OCCNC(C1CC1)C1CC1. The van der Waals surface area contributed by atoms with E-state index in [9.17, 15) is 4.39 Å². The van der Waals surface area contributed by atoms with E-state index in [2.05, 4.69) is 21.2 Å². The molecule has 0 aromatic heterocycles. The second kappa shape index (κ2) is 5.80. The first-order chi connectivity index (χ1) is 9.24. The second-order valence-corrected chi connectivity index (χ2v) is 6.49. The topological polar surface area (TPSA) is 21.3 Å². The van der Waals surface area contributed by atoms with Crippen molar-refractivity contribution in [1.29, 1.82) is 0 Å². The minimum absolute atomic E-state index is 0.302. The minimum atomic E-state index is -0.302. The fraction of sp³-hybridized carbons (Fsp3) is 0.600. The molecule has 2 nitrogen and oxygen atoms in total. The highest BCUT2D eigenvalue weighted by Crippen LogP contribution is 2.44. The van der Waals surface area contributed by atoms with Gasteiger partial charge in [-0.1, -0.05) is 15.9 Å². The van der Waals surface area contributed by atoms with Crippen LogP contribution in [0, 0.1) is 17.7 Å². The van der Waals surface area contributed by atoms with Gasteiger partial charge in [-0.05, 0) is 55.7 Å². The van der Waals surface area contributed by atoms with Gasteiger partial charge in [-0.15, -0.1) is 0 Å². The van der Waals surface area contributed by atoms with Crippen LogP contribution >= 0.6 is 15.9 Å². The average molecular weight is 328 g/mol. The Kier molecular flexibility index (Phi) is 4.08. The van der Waals surface area contributed by atoms with Gasteiger partial charge in [-0.25, -0.2) is 4.39 Å². The van der Waals surface area contributed by atoms with Crippen LogP contribution in [0.2, 0.25) is 0 Å². The van der Waals surface area contributed by atoms with E-state index in [1.807, 2.05) is 0 Å². The molecule has 104 valence electrons. The van der Waals surface area contributed by atoms with Crippen molar-refractivity contribution in [2.45, 2.75) is 31.7 Å². The normalized spacial score (nSPS) is 18.9. The standard InChI is InChI=1S/C15H19BrFNO/c16-12-5-6-13(17)14(9-12)19-8-7-18-15(10-1-2-10)11-3-4-11/h5-6,9-11,15,18H,1-4,7-8H2. The lowest BCUT2D eigenvalue weighted by Crippen LogP contribution is -2.36. The van der Waals surface area contributed by atoms with Crippen LogP contribution in [0.3, 0.4) is 0 Å². The largest absolute Gasteiger partial charge is 0.489 e. The zero-order valence-electron chi connectivity index (χ0n) is 10.9. The van der Waals surface area contributed by atoms with Crippen molar-refractivity contribution in [2.24, 2.45) is 11.8 Å². The molecule has 3 rings (SSSR count). The van der Waals surface area contributed by atoms with Gasteiger partial charge in [0, 0.05) is 17.1 Å². The van der Waals surface area contributed by atoms with E-state index in [0.29, 0.717) is 18.4 Å². The van der Waals surface area contributed by atoms with Crippen LogP contribution in [0.15, 0.2) is 22.7 Å². The van der Waals surface area contributed by atoms with Crippen LogP contribution in [-0.4, -0.2) is 19.2 Å². The lowest BCUT2D eigenvalue weighted by molar-refractivity contribution is 0.282. The van der Waals surface area contributed by atoms with Crippen molar-refractivity contribution in [2.75, 3.05) is 13.2 Å². The summed E-state index contributed by atoms with van der Waals surface area (Å²) < 4.78 is 19.8. The van der Waals surface area contributed by atoms with E-state index >= 15 is 0 Å². The molecule has 2 aliphatic carbocycles. The number of ether oxygens (including phenoxy) is 1. The predicted molar refractivity (Wildman–Crippen MR) is 76.8 cm³/mol. The maximum absolute atomic E-state index is 13.5. The molecule has 1 aromatic carbocycles. The third-order valence-electron chi connectivity index (χ3n) is 3.89. The fourth-order valence-electron chi connectivity index (χ4n) is 2.60. The summed E-state index contributed by atoms with van der Waals surface area (Å²) in [5, 5.41) is 3.59. The smallest absolute Gasteiger partial charge is 0.165 e. The van der Waals surface area contributed by atoms with Gasteiger partial charge < -0.3 is 10.1 Å². The quantitative estimate of drug-likeness (QED) is 0.770. The van der Waals surface area contributed by atoms with Gasteiger partial charge in [0.25, 0.3) is 0 Å². The zero-order chi connectivity index (χ0) is 13.2. The summed E-state index contributed by atoms with van der Waals surface area (Å²) in [6.45, 7) is 1.31. The van der Waals surface area contributed by atoms with Crippen LogP contribution in [-0.2, 0) is 0 Å². The van der Waals surface area contributed by atoms with Crippen LogP contribution in [0.5, 0.6) is 5.75 Å². The first-order valence-corrected chi connectivity index (χ1v) is 7.84. The Labute approximate surface area is 121 Å². The van der Waals surface area contributed by atoms with Gasteiger partial charge in [0.2, 0.25) is 0 Å². The van der Waals surface area contributed by atoms with Crippen molar-refractivity contribution in [3.8, 4) is 5.75 Å². The molecule has 0 radical (unpaired) electrons. The molecule has 19 heavy (non-hydrogen) atoms. The molecule has 0 bridgehead atoms. The molecule has 2 aliphatic rings. The number of nitrogens with one attached hydrogen (secondary N) is 1. The molecule has 0 saturated heterocycles. The molecule has 0 heterocycles. The number of hydrogen-bond acceptors (Lipinski definition) is 2. The second-order valence-electron chi connectivity index (χ2n) is 5.58. The minimum Gasteiger partial charge on any atom is -0.489 e. The molecule has 0 spiro atoms. The summed E-state index contributed by atoms with van der Waals surface area (Å²) in [7, 11) is 0. The fourth-order valence-corrected chi connectivity index (χ4v) is 2.94. The lowest BCUT2D eigenvalue weighted by atomic mass is 10.1. The summed E-state index contributed by atoms with van der Waals surface area (Å²) in [4.78, 5) is 0. The molecule has 2 saturated carbocycles. The van der Waals surface area contributed by atoms with E-state index in [1.54, 1.807) is 12.1 Å². The molecule has 2 fully saturated rings. The zero-order valence-corrected chi connectivity index (χ0v) is 12.5. The summed E-state index contributed by atoms with van der Waals surface area (Å²) in [5.74, 6) is 1.79. The molecule has 1 N–H and O–H groups in total. The van der Waals surface area contributed by atoms with E-state index in [0.717, 1.165) is 22.9 Å². The van der Waals surface area contributed by atoms with Crippen molar-refractivity contribution >= 4 is 15.9 Å². The molecule has 0 aliphatic heterocycles. The Bertz CT molecular complexity index is 434. The Hall–Kier alpha value is -0.610. The summed E-state index contributed by atoms with van der Waals surface area (Å²) >= 11 is 3.32. The number of halogens is 2. The third-order valence-corrected chi connectivity index (χ3v) is 4.39. The highest BCUT2D eigenvalue weighted by atomic mass is 79.9. The Morgan fingerprint density at radius 1 is 1.26 bits per heavy atom. The first kappa shape index (κ1) is 13.4. The summed E-state index contributed by atoms with van der Waals surface area (Å²) in [6, 6.07) is 5.45. The highest BCUT2D eigenvalue weighted by molar-refractivity contribution is 9.10. The van der Waals surface area contributed by atoms with Crippen LogP contribution in [0.1, 0.15) is 25.7 Å². The van der Waals surface area contributed by atoms with Crippen molar-refractivity contribution in [3.63, 3.8) is 0 Å². The Morgan fingerprint density at radius 2 is 1.95 bits per heavy atom. The number of rotatable bonds is 7. The molecular formula is C15H19BrFNO. The van der Waals surface area contributed by atoms with Crippen LogP contribution < -0.4 is 10.1 Å². The number of hydrogen-bond donors (Lipinski definition) is 1. The van der Waals surface area contributed by atoms with Gasteiger partial charge in [-0.3, -0.25) is 0 Å². The molecular weight excluding hydrogens is 309 g/mol. The predicted octanol–water partition coefficient (Wildman–Crippen LogP) is 3.75. The van der Waals surface area contributed by atoms with E-state index in [1.165, 1.54) is 31.7 Å². The van der Waals surface area contributed by atoms with E-state index in [4.69, 9.17) is 4.74 Å². The average Bonchev–Trinajstić information content (AvgIpc) is 3.26. The Morgan fingerprint density at radius 3 is 2.58 bits per heavy atom. The molecule has 0 unspecified atom stereocenters. The Balaban J connectivity index is 1.43. The number of benzene rings is 1.